The molecule has 0 aromatic carbocycles. The lowest BCUT2D eigenvalue weighted by atomic mass is 9.99. The van der Waals surface area contributed by atoms with Crippen molar-refractivity contribution < 1.29 is 22.7 Å². The minimum Gasteiger partial charge on any atom is -0.469 e. The first-order chi connectivity index (χ1) is 9.74. The molecule has 0 saturated carbocycles. The van der Waals surface area contributed by atoms with Crippen LogP contribution in [-0.2, 0) is 15.7 Å². The molecule has 1 aliphatic rings. The topological polar surface area (TPSA) is 42.4 Å². The average molecular weight is 367 g/mol. The zero-order chi connectivity index (χ0) is 15.8. The molecule has 2 atom stereocenters. The molecule has 1 aromatic heterocycles. The van der Waals surface area contributed by atoms with Crippen molar-refractivity contribution in [3.8, 4) is 0 Å². The predicted molar refractivity (Wildman–Crippen MR) is 73.8 cm³/mol. The van der Waals surface area contributed by atoms with Crippen molar-refractivity contribution in [2.24, 2.45) is 11.8 Å². The number of methoxy groups -OCH3 is 1. The summed E-state index contributed by atoms with van der Waals surface area (Å²) in [5.74, 6) is -1.09. The fraction of sp³-hybridized carbons (Fsp3) is 0.538. The molecule has 0 N–H and O–H groups in total. The first-order valence-corrected chi connectivity index (χ1v) is 7.09. The lowest BCUT2D eigenvalue weighted by molar-refractivity contribution is -0.145. The Kier molecular flexibility index (Phi) is 4.46. The predicted octanol–water partition coefficient (Wildman–Crippen LogP) is 3.11. The Bertz CT molecular complexity index is 551. The summed E-state index contributed by atoms with van der Waals surface area (Å²) < 4.78 is 44.3. The van der Waals surface area contributed by atoms with Crippen LogP contribution in [0.15, 0.2) is 16.7 Å². The van der Waals surface area contributed by atoms with Crippen LogP contribution in [0.5, 0.6) is 0 Å². The largest absolute Gasteiger partial charge is 0.469 e. The summed E-state index contributed by atoms with van der Waals surface area (Å²) in [5, 5.41) is 0. The second kappa shape index (κ2) is 5.82. The number of alkyl halides is 3. The van der Waals surface area contributed by atoms with Crippen LogP contribution in [-0.4, -0.2) is 31.2 Å². The number of anilines is 1. The van der Waals surface area contributed by atoms with Crippen LogP contribution < -0.4 is 4.90 Å². The van der Waals surface area contributed by atoms with Crippen LogP contribution in [0.4, 0.5) is 19.0 Å². The summed E-state index contributed by atoms with van der Waals surface area (Å²) in [6, 6.07) is 0.998. The molecular weight excluding hydrogens is 353 g/mol. The summed E-state index contributed by atoms with van der Waals surface area (Å²) >= 11 is 3.00. The van der Waals surface area contributed by atoms with Gasteiger partial charge in [0.25, 0.3) is 0 Å². The van der Waals surface area contributed by atoms with Gasteiger partial charge in [0.2, 0.25) is 0 Å². The minimum atomic E-state index is -4.50. The third-order valence-electron chi connectivity index (χ3n) is 3.55. The number of carbonyl (C=O) groups excluding carboxylic acids is 1. The fourth-order valence-electron chi connectivity index (χ4n) is 2.49. The van der Waals surface area contributed by atoms with Gasteiger partial charge in [0, 0.05) is 23.8 Å². The van der Waals surface area contributed by atoms with Crippen LogP contribution in [0.25, 0.3) is 0 Å². The Labute approximate surface area is 128 Å². The van der Waals surface area contributed by atoms with Crippen molar-refractivity contribution in [2.75, 3.05) is 25.1 Å². The van der Waals surface area contributed by atoms with E-state index in [-0.39, 0.29) is 22.8 Å². The Morgan fingerprint density at radius 1 is 1.48 bits per heavy atom. The summed E-state index contributed by atoms with van der Waals surface area (Å²) in [4.78, 5) is 17.0. The molecule has 1 aliphatic heterocycles. The van der Waals surface area contributed by atoms with E-state index in [9.17, 15) is 18.0 Å². The second-order valence-electron chi connectivity index (χ2n) is 5.03. The Balaban J connectivity index is 2.34. The molecule has 1 aromatic rings. The van der Waals surface area contributed by atoms with Crippen LogP contribution in [0, 0.1) is 11.8 Å². The lowest BCUT2D eigenvalue weighted by Gasteiger charge is -2.21. The molecule has 0 amide bonds. The molecule has 4 nitrogen and oxygen atoms in total. The van der Waals surface area contributed by atoms with Crippen molar-refractivity contribution in [3.63, 3.8) is 0 Å². The van der Waals surface area contributed by atoms with Gasteiger partial charge < -0.3 is 9.64 Å². The summed E-state index contributed by atoms with van der Waals surface area (Å²) in [6.07, 6.45) is -3.18. The van der Waals surface area contributed by atoms with Crippen molar-refractivity contribution in [1.82, 2.24) is 4.98 Å². The highest BCUT2D eigenvalue weighted by atomic mass is 79.9. The van der Waals surface area contributed by atoms with Gasteiger partial charge in [0.1, 0.15) is 5.82 Å². The number of aromatic nitrogens is 1. The van der Waals surface area contributed by atoms with Gasteiger partial charge >= 0.3 is 12.1 Å². The van der Waals surface area contributed by atoms with Crippen LogP contribution in [0.3, 0.4) is 0 Å². The van der Waals surface area contributed by atoms with E-state index < -0.39 is 23.6 Å². The van der Waals surface area contributed by atoms with Crippen LogP contribution in [0.2, 0.25) is 0 Å². The third-order valence-corrected chi connectivity index (χ3v) is 3.99. The Morgan fingerprint density at radius 2 is 2.14 bits per heavy atom. The van der Waals surface area contributed by atoms with Gasteiger partial charge in [0.05, 0.1) is 18.6 Å². The van der Waals surface area contributed by atoms with E-state index in [4.69, 9.17) is 0 Å². The number of rotatable bonds is 2. The van der Waals surface area contributed by atoms with Gasteiger partial charge in [-0.2, -0.15) is 13.2 Å². The van der Waals surface area contributed by atoms with Crippen molar-refractivity contribution >= 4 is 27.7 Å². The third kappa shape index (κ3) is 3.30. The SMILES string of the molecule is COC(=O)C1CN(c2ncc(Br)cc2C(F)(F)F)CC1C. The molecule has 2 rings (SSSR count). The maximum Gasteiger partial charge on any atom is 0.419 e. The molecule has 1 saturated heterocycles. The first kappa shape index (κ1) is 16.1. The molecule has 2 heterocycles. The lowest BCUT2D eigenvalue weighted by Crippen LogP contribution is -2.27. The van der Waals surface area contributed by atoms with Gasteiger partial charge in [0.15, 0.2) is 0 Å². The zero-order valence-corrected chi connectivity index (χ0v) is 13.0. The van der Waals surface area contributed by atoms with Gasteiger partial charge in [-0.3, -0.25) is 4.79 Å². The maximum atomic E-state index is 13.1. The first-order valence-electron chi connectivity index (χ1n) is 6.29. The molecule has 21 heavy (non-hydrogen) atoms. The van der Waals surface area contributed by atoms with E-state index in [0.717, 1.165) is 6.07 Å². The smallest absolute Gasteiger partial charge is 0.419 e. The number of nitrogens with zero attached hydrogens (tertiary/aromatic N) is 2. The number of esters is 1. The number of hydrogen-bond donors (Lipinski definition) is 0. The second-order valence-corrected chi connectivity index (χ2v) is 5.95. The molecule has 1 fully saturated rings. The van der Waals surface area contributed by atoms with E-state index in [0.29, 0.717) is 6.54 Å². The Hall–Kier alpha value is -1.31. The number of hydrogen-bond acceptors (Lipinski definition) is 4. The molecular formula is C13H14BrF3N2O2. The van der Waals surface area contributed by atoms with Crippen molar-refractivity contribution in [2.45, 2.75) is 13.1 Å². The summed E-state index contributed by atoms with van der Waals surface area (Å²) in [7, 11) is 1.27. The van der Waals surface area contributed by atoms with Gasteiger partial charge in [-0.05, 0) is 27.9 Å². The molecule has 0 radical (unpaired) electrons. The van der Waals surface area contributed by atoms with E-state index in [1.54, 1.807) is 0 Å². The van der Waals surface area contributed by atoms with Gasteiger partial charge in [-0.1, -0.05) is 6.92 Å². The molecule has 0 spiro atoms. The van der Waals surface area contributed by atoms with Crippen molar-refractivity contribution in [1.29, 1.82) is 0 Å². The maximum absolute atomic E-state index is 13.1. The summed E-state index contributed by atoms with van der Waals surface area (Å²) in [5.41, 5.74) is -0.811. The molecule has 116 valence electrons. The monoisotopic (exact) mass is 366 g/mol. The van der Waals surface area contributed by atoms with E-state index >= 15 is 0 Å². The molecule has 0 aliphatic carbocycles. The van der Waals surface area contributed by atoms with Crippen LogP contribution >= 0.6 is 15.9 Å². The van der Waals surface area contributed by atoms with Crippen molar-refractivity contribution in [3.05, 3.63) is 22.3 Å². The highest BCUT2D eigenvalue weighted by Crippen LogP contribution is 2.39. The number of ether oxygens (including phenoxy) is 1. The number of halogens is 4. The van der Waals surface area contributed by atoms with E-state index in [1.165, 1.54) is 18.2 Å². The Morgan fingerprint density at radius 3 is 2.71 bits per heavy atom. The van der Waals surface area contributed by atoms with Gasteiger partial charge in [-0.25, -0.2) is 4.98 Å². The normalized spacial score (nSPS) is 22.5. The van der Waals surface area contributed by atoms with Gasteiger partial charge in [-0.15, -0.1) is 0 Å². The minimum absolute atomic E-state index is 0.0935. The molecule has 0 bridgehead atoms. The standard InChI is InChI=1S/C13H14BrF3N2O2/c1-7-5-19(6-9(7)12(20)21-2)11-10(13(15,16)17)3-8(14)4-18-11/h3-4,7,9H,5-6H2,1-2H3. The quantitative estimate of drug-likeness (QED) is 0.754. The highest BCUT2D eigenvalue weighted by molar-refractivity contribution is 9.10. The number of pyridine rings is 1. The van der Waals surface area contributed by atoms with Crippen LogP contribution in [0.1, 0.15) is 12.5 Å². The fourth-order valence-corrected chi connectivity index (χ4v) is 2.82. The molecule has 8 heteroatoms. The molecule has 2 unspecified atom stereocenters. The summed E-state index contributed by atoms with van der Waals surface area (Å²) in [6.45, 7) is 2.32. The average Bonchev–Trinajstić information content (AvgIpc) is 2.78. The van der Waals surface area contributed by atoms with E-state index in [2.05, 4.69) is 25.7 Å². The van der Waals surface area contributed by atoms with E-state index in [1.807, 2.05) is 6.92 Å². The zero-order valence-electron chi connectivity index (χ0n) is 11.4. The number of carbonyl (C=O) groups is 1. The highest BCUT2D eigenvalue weighted by Gasteiger charge is 2.41.